The predicted molar refractivity (Wildman–Crippen MR) is 109 cm³/mol. The molecule has 2 unspecified atom stereocenters. The van der Waals surface area contributed by atoms with Crippen LogP contribution in [-0.2, 0) is 14.3 Å². The fourth-order valence-corrected chi connectivity index (χ4v) is 4.45. The standard InChI is InChI=1S/C20H19ClFN3O3S/c1-27-20(26)15-16(11-3-2-7-28-10-11)24-18(19-23-6-8-29-19)25-17(15)13-5-4-12(22)9-14(13)21/h4-6,8-9,11,17H,2-3,7,10H2,1H3,(H,24,25). The number of aliphatic imine (C=N–C) groups is 1. The molecule has 0 spiro atoms. The van der Waals surface area contributed by atoms with E-state index in [1.54, 1.807) is 12.3 Å². The lowest BCUT2D eigenvalue weighted by Gasteiger charge is -2.33. The van der Waals surface area contributed by atoms with Crippen molar-refractivity contribution in [3.05, 3.63) is 62.5 Å². The van der Waals surface area contributed by atoms with Crippen molar-refractivity contribution in [3.8, 4) is 0 Å². The molecule has 6 nitrogen and oxygen atoms in total. The predicted octanol–water partition coefficient (Wildman–Crippen LogP) is 3.88. The summed E-state index contributed by atoms with van der Waals surface area (Å²) < 4.78 is 24.4. The van der Waals surface area contributed by atoms with E-state index < -0.39 is 17.8 Å². The normalized spacial score (nSPS) is 22.1. The summed E-state index contributed by atoms with van der Waals surface area (Å²) in [5.41, 5.74) is 1.58. The summed E-state index contributed by atoms with van der Waals surface area (Å²) in [5.74, 6) is -0.449. The summed E-state index contributed by atoms with van der Waals surface area (Å²) in [7, 11) is 1.33. The van der Waals surface area contributed by atoms with Crippen molar-refractivity contribution in [2.75, 3.05) is 20.3 Å². The molecule has 1 saturated heterocycles. The zero-order valence-electron chi connectivity index (χ0n) is 15.7. The summed E-state index contributed by atoms with van der Waals surface area (Å²) >= 11 is 7.77. The summed E-state index contributed by atoms with van der Waals surface area (Å²) in [6.45, 7) is 1.18. The Morgan fingerprint density at radius 1 is 1.45 bits per heavy atom. The van der Waals surface area contributed by atoms with Crippen LogP contribution in [-0.4, -0.2) is 37.1 Å². The minimum absolute atomic E-state index is 0.0231. The minimum Gasteiger partial charge on any atom is -0.466 e. The van der Waals surface area contributed by atoms with Gasteiger partial charge in [0.2, 0.25) is 0 Å². The van der Waals surface area contributed by atoms with Gasteiger partial charge in [-0.25, -0.2) is 14.2 Å². The lowest BCUT2D eigenvalue weighted by atomic mass is 9.88. The van der Waals surface area contributed by atoms with Crippen molar-refractivity contribution >= 4 is 34.7 Å². The Morgan fingerprint density at radius 3 is 2.97 bits per heavy atom. The molecule has 0 bridgehead atoms. The number of carbonyl (C=O) groups excluding carboxylic acids is 1. The number of hydrogen-bond donors (Lipinski definition) is 1. The zero-order chi connectivity index (χ0) is 20.4. The maximum Gasteiger partial charge on any atom is 0.338 e. The van der Waals surface area contributed by atoms with Crippen molar-refractivity contribution in [2.24, 2.45) is 10.9 Å². The molecular formula is C20H19ClFN3O3S. The van der Waals surface area contributed by atoms with Gasteiger partial charge in [0.1, 0.15) is 11.9 Å². The van der Waals surface area contributed by atoms with Gasteiger partial charge in [0.05, 0.1) is 19.3 Å². The molecule has 2 aromatic rings. The lowest BCUT2D eigenvalue weighted by molar-refractivity contribution is -0.136. The van der Waals surface area contributed by atoms with Crippen molar-refractivity contribution in [2.45, 2.75) is 18.9 Å². The number of hydrogen-bond acceptors (Lipinski definition) is 7. The van der Waals surface area contributed by atoms with E-state index >= 15 is 0 Å². The van der Waals surface area contributed by atoms with Gasteiger partial charge in [-0.3, -0.25) is 4.99 Å². The van der Waals surface area contributed by atoms with Gasteiger partial charge in [-0.05, 0) is 25.0 Å². The van der Waals surface area contributed by atoms with E-state index in [1.807, 2.05) is 5.38 Å². The third kappa shape index (κ3) is 4.05. The van der Waals surface area contributed by atoms with E-state index in [9.17, 15) is 9.18 Å². The van der Waals surface area contributed by atoms with Crippen molar-refractivity contribution in [3.63, 3.8) is 0 Å². The second kappa shape index (κ2) is 8.61. The number of benzene rings is 1. The van der Waals surface area contributed by atoms with Crippen LogP contribution in [0.25, 0.3) is 0 Å². The average molecular weight is 436 g/mol. The van der Waals surface area contributed by atoms with Gasteiger partial charge in [-0.15, -0.1) is 11.3 Å². The molecule has 1 N–H and O–H groups in total. The minimum atomic E-state index is -0.743. The number of aromatic nitrogens is 1. The summed E-state index contributed by atoms with van der Waals surface area (Å²) in [6, 6.07) is 3.33. The summed E-state index contributed by atoms with van der Waals surface area (Å²) in [5, 5.41) is 6.03. The molecule has 4 rings (SSSR count). The average Bonchev–Trinajstić information content (AvgIpc) is 3.28. The molecule has 0 aliphatic carbocycles. The maximum atomic E-state index is 13.6. The molecule has 1 fully saturated rings. The number of nitrogens with one attached hydrogen (secondary N) is 1. The number of amidine groups is 1. The van der Waals surface area contributed by atoms with E-state index in [0.717, 1.165) is 12.8 Å². The van der Waals surface area contributed by atoms with E-state index in [2.05, 4.69) is 10.3 Å². The second-order valence-corrected chi connectivity index (χ2v) is 8.04. The Morgan fingerprint density at radius 2 is 2.31 bits per heavy atom. The Labute approximate surface area is 176 Å². The molecule has 2 aliphatic heterocycles. The Kier molecular flexibility index (Phi) is 5.94. The molecular weight excluding hydrogens is 417 g/mol. The first-order valence-electron chi connectivity index (χ1n) is 9.18. The van der Waals surface area contributed by atoms with Gasteiger partial charge < -0.3 is 14.8 Å². The largest absolute Gasteiger partial charge is 0.466 e. The molecule has 0 saturated carbocycles. The first-order chi connectivity index (χ1) is 14.1. The number of halogens is 2. The Hall–Kier alpha value is -2.29. The SMILES string of the molecule is COC(=O)C1=C(C2CCCOC2)NC(c2nccs2)=NC1c1ccc(F)cc1Cl. The van der Waals surface area contributed by atoms with Gasteiger partial charge in [0.25, 0.3) is 0 Å². The molecule has 2 aliphatic rings. The number of esters is 1. The number of methoxy groups -OCH3 is 1. The van der Waals surface area contributed by atoms with Crippen LogP contribution < -0.4 is 5.32 Å². The van der Waals surface area contributed by atoms with Crippen molar-refractivity contribution in [1.29, 1.82) is 0 Å². The highest BCUT2D eigenvalue weighted by molar-refractivity contribution is 7.11. The second-order valence-electron chi connectivity index (χ2n) is 6.74. The molecule has 0 radical (unpaired) electrons. The molecule has 1 aromatic carbocycles. The van der Waals surface area contributed by atoms with Gasteiger partial charge >= 0.3 is 5.97 Å². The van der Waals surface area contributed by atoms with E-state index in [4.69, 9.17) is 26.1 Å². The lowest BCUT2D eigenvalue weighted by Crippen LogP contribution is -2.39. The van der Waals surface area contributed by atoms with Crippen LogP contribution in [0.2, 0.25) is 5.02 Å². The molecule has 0 amide bonds. The Balaban J connectivity index is 1.88. The van der Waals surface area contributed by atoms with Crippen molar-refractivity contribution < 1.29 is 18.7 Å². The first-order valence-corrected chi connectivity index (χ1v) is 10.4. The van der Waals surface area contributed by atoms with Crippen LogP contribution in [0.3, 0.4) is 0 Å². The highest BCUT2D eigenvalue weighted by Gasteiger charge is 2.37. The van der Waals surface area contributed by atoms with Crippen LogP contribution in [0.15, 0.2) is 46.0 Å². The number of ether oxygens (including phenoxy) is 2. The van der Waals surface area contributed by atoms with Crippen LogP contribution in [0.1, 0.15) is 29.5 Å². The van der Waals surface area contributed by atoms with E-state index in [0.29, 0.717) is 40.9 Å². The molecule has 3 heterocycles. The van der Waals surface area contributed by atoms with Gasteiger partial charge in [0, 0.05) is 40.4 Å². The third-order valence-electron chi connectivity index (χ3n) is 4.94. The molecule has 152 valence electrons. The van der Waals surface area contributed by atoms with Crippen LogP contribution in [0.4, 0.5) is 4.39 Å². The van der Waals surface area contributed by atoms with Crippen molar-refractivity contribution in [1.82, 2.24) is 10.3 Å². The number of rotatable bonds is 4. The third-order valence-corrected chi connectivity index (χ3v) is 6.05. The summed E-state index contributed by atoms with van der Waals surface area (Å²) in [4.78, 5) is 21.9. The van der Waals surface area contributed by atoms with Crippen LogP contribution in [0, 0.1) is 11.7 Å². The maximum absolute atomic E-state index is 13.6. The Bertz CT molecular complexity index is 971. The van der Waals surface area contributed by atoms with Crippen LogP contribution in [0.5, 0.6) is 0 Å². The zero-order valence-corrected chi connectivity index (χ0v) is 17.2. The van der Waals surface area contributed by atoms with Gasteiger partial charge in [-0.1, -0.05) is 17.7 Å². The number of carbonyl (C=O) groups is 1. The fourth-order valence-electron chi connectivity index (χ4n) is 3.59. The van der Waals surface area contributed by atoms with Gasteiger partial charge in [0.15, 0.2) is 10.8 Å². The summed E-state index contributed by atoms with van der Waals surface area (Å²) in [6.07, 6.45) is 3.43. The van der Waals surface area contributed by atoms with Crippen LogP contribution >= 0.6 is 22.9 Å². The molecule has 1 aromatic heterocycles. The fraction of sp³-hybridized carbons (Fsp3) is 0.350. The number of thiazole rings is 1. The highest BCUT2D eigenvalue weighted by atomic mass is 35.5. The van der Waals surface area contributed by atoms with E-state index in [-0.39, 0.29) is 10.9 Å². The first kappa shape index (κ1) is 20.0. The number of nitrogens with zero attached hydrogens (tertiary/aromatic N) is 2. The monoisotopic (exact) mass is 435 g/mol. The molecule has 9 heteroatoms. The smallest absolute Gasteiger partial charge is 0.338 e. The quantitative estimate of drug-likeness (QED) is 0.738. The topological polar surface area (TPSA) is 72.8 Å². The highest BCUT2D eigenvalue weighted by Crippen LogP contribution is 2.39. The van der Waals surface area contributed by atoms with Gasteiger partial charge in [-0.2, -0.15) is 0 Å². The van der Waals surface area contributed by atoms with E-state index in [1.165, 1.54) is 30.6 Å². The molecule has 2 atom stereocenters. The molecule has 29 heavy (non-hydrogen) atoms.